The van der Waals surface area contributed by atoms with Gasteiger partial charge < -0.3 is 15.1 Å². The Balaban J connectivity index is 1.49. The normalized spacial score (nSPS) is 17.7. The molecule has 0 aliphatic carbocycles. The predicted molar refractivity (Wildman–Crippen MR) is 89.5 cm³/mol. The summed E-state index contributed by atoms with van der Waals surface area (Å²) in [5, 5.41) is 2.61. The first kappa shape index (κ1) is 17.8. The minimum atomic E-state index is -0.441. The van der Waals surface area contributed by atoms with Crippen LogP contribution in [-0.2, 0) is 14.4 Å². The van der Waals surface area contributed by atoms with Crippen LogP contribution < -0.4 is 5.32 Å². The lowest BCUT2D eigenvalue weighted by molar-refractivity contribution is -0.146. The van der Waals surface area contributed by atoms with E-state index in [0.717, 1.165) is 4.90 Å². The minimum absolute atomic E-state index is 0.153. The van der Waals surface area contributed by atoms with Crippen molar-refractivity contribution in [2.24, 2.45) is 0 Å². The van der Waals surface area contributed by atoms with Gasteiger partial charge in [-0.1, -0.05) is 6.07 Å². The molecule has 5 amide bonds. The lowest BCUT2D eigenvalue weighted by atomic mass is 10.3. The van der Waals surface area contributed by atoms with Crippen LogP contribution in [0.25, 0.3) is 0 Å². The zero-order valence-electron chi connectivity index (χ0n) is 14.1. The third-order valence-corrected chi connectivity index (χ3v) is 4.44. The molecular weight excluding hydrogens is 343 g/mol. The number of nitrogens with one attached hydrogen (secondary N) is 1. The molecule has 1 aromatic carbocycles. The van der Waals surface area contributed by atoms with Gasteiger partial charge in [0.15, 0.2) is 0 Å². The number of likely N-dealkylation sites (tertiary alicyclic amines) is 1. The molecule has 138 valence electrons. The molecule has 9 heteroatoms. The molecule has 8 nitrogen and oxygen atoms in total. The summed E-state index contributed by atoms with van der Waals surface area (Å²) in [6.45, 7) is 1.01. The highest BCUT2D eigenvalue weighted by Gasteiger charge is 2.33. The summed E-state index contributed by atoms with van der Waals surface area (Å²) in [4.78, 5) is 51.7. The van der Waals surface area contributed by atoms with Gasteiger partial charge in [0.25, 0.3) is 0 Å². The number of imide groups is 1. The van der Waals surface area contributed by atoms with Crippen molar-refractivity contribution in [2.75, 3.05) is 38.0 Å². The molecule has 0 atom stereocenters. The molecule has 2 fully saturated rings. The lowest BCUT2D eigenvalue weighted by Gasteiger charge is -2.35. The molecule has 0 bridgehead atoms. The third-order valence-electron chi connectivity index (χ3n) is 4.44. The molecule has 3 rings (SSSR count). The van der Waals surface area contributed by atoms with Crippen molar-refractivity contribution >= 4 is 29.4 Å². The van der Waals surface area contributed by atoms with Gasteiger partial charge in [0.05, 0.1) is 0 Å². The lowest BCUT2D eigenvalue weighted by Crippen LogP contribution is -2.53. The van der Waals surface area contributed by atoms with E-state index in [1.54, 1.807) is 6.07 Å². The van der Waals surface area contributed by atoms with Gasteiger partial charge in [-0.3, -0.25) is 19.3 Å². The number of rotatable bonds is 3. The molecular formula is C17H19FN4O4. The van der Waals surface area contributed by atoms with E-state index in [1.165, 1.54) is 28.0 Å². The first-order chi connectivity index (χ1) is 12.4. The second-order valence-electron chi connectivity index (χ2n) is 6.18. The Kier molecular flexibility index (Phi) is 5.15. The first-order valence-corrected chi connectivity index (χ1v) is 8.36. The van der Waals surface area contributed by atoms with Crippen LogP contribution >= 0.6 is 0 Å². The van der Waals surface area contributed by atoms with E-state index in [1.807, 2.05) is 0 Å². The topological polar surface area (TPSA) is 90.0 Å². The van der Waals surface area contributed by atoms with Crippen LogP contribution in [0.15, 0.2) is 24.3 Å². The SMILES string of the molecule is O=C(CN1C(=O)CCC1=O)N1CCN(C(=O)Nc2cccc(F)c2)CC1. The zero-order valence-corrected chi connectivity index (χ0v) is 14.1. The number of piperazine rings is 1. The van der Waals surface area contributed by atoms with Crippen molar-refractivity contribution in [3.8, 4) is 0 Å². The quantitative estimate of drug-likeness (QED) is 0.800. The molecule has 0 unspecified atom stereocenters. The maximum atomic E-state index is 13.2. The molecule has 1 aromatic rings. The van der Waals surface area contributed by atoms with E-state index < -0.39 is 5.82 Å². The summed E-state index contributed by atoms with van der Waals surface area (Å²) in [5.74, 6) is -1.39. The summed E-state index contributed by atoms with van der Waals surface area (Å²) in [6.07, 6.45) is 0.306. The molecule has 2 saturated heterocycles. The number of carbonyl (C=O) groups is 4. The fourth-order valence-electron chi connectivity index (χ4n) is 2.96. The molecule has 0 radical (unpaired) electrons. The highest BCUT2D eigenvalue weighted by molar-refractivity contribution is 6.04. The second-order valence-corrected chi connectivity index (χ2v) is 6.18. The standard InChI is InChI=1S/C17H19FN4O4/c18-12-2-1-3-13(10-12)19-17(26)21-8-6-20(7-9-21)16(25)11-22-14(23)4-5-15(22)24/h1-3,10H,4-9,11H2,(H,19,26). The van der Waals surface area contributed by atoms with Gasteiger partial charge in [0.1, 0.15) is 12.4 Å². The van der Waals surface area contributed by atoms with E-state index in [-0.39, 0.29) is 43.1 Å². The van der Waals surface area contributed by atoms with E-state index in [2.05, 4.69) is 5.32 Å². The fourth-order valence-corrected chi connectivity index (χ4v) is 2.96. The molecule has 1 N–H and O–H groups in total. The molecule has 0 aromatic heterocycles. The van der Waals surface area contributed by atoms with Gasteiger partial charge in [-0.2, -0.15) is 0 Å². The number of amides is 5. The van der Waals surface area contributed by atoms with E-state index >= 15 is 0 Å². The number of urea groups is 1. The number of halogens is 1. The van der Waals surface area contributed by atoms with E-state index in [0.29, 0.717) is 31.9 Å². The fraction of sp³-hybridized carbons (Fsp3) is 0.412. The number of nitrogens with zero attached hydrogens (tertiary/aromatic N) is 3. The Bertz CT molecular complexity index is 730. The Hall–Kier alpha value is -2.97. The monoisotopic (exact) mass is 362 g/mol. The molecule has 26 heavy (non-hydrogen) atoms. The summed E-state index contributed by atoms with van der Waals surface area (Å²) in [5.41, 5.74) is 0.361. The number of hydrogen-bond donors (Lipinski definition) is 1. The van der Waals surface area contributed by atoms with Crippen LogP contribution in [-0.4, -0.2) is 71.2 Å². The zero-order chi connectivity index (χ0) is 18.7. The van der Waals surface area contributed by atoms with Gasteiger partial charge in [0.2, 0.25) is 17.7 Å². The summed E-state index contributed by atoms with van der Waals surface area (Å²) in [6, 6.07) is 5.23. The van der Waals surface area contributed by atoms with Crippen LogP contribution in [0, 0.1) is 5.82 Å². The van der Waals surface area contributed by atoms with Crippen molar-refractivity contribution in [3.05, 3.63) is 30.1 Å². The number of hydrogen-bond acceptors (Lipinski definition) is 4. The highest BCUT2D eigenvalue weighted by Crippen LogP contribution is 2.14. The van der Waals surface area contributed by atoms with Gasteiger partial charge in [-0.05, 0) is 18.2 Å². The summed E-state index contributed by atoms with van der Waals surface area (Å²) < 4.78 is 13.2. The van der Waals surface area contributed by atoms with Crippen LogP contribution in [0.1, 0.15) is 12.8 Å². The molecule has 2 heterocycles. The van der Waals surface area contributed by atoms with Crippen molar-refractivity contribution in [1.82, 2.24) is 14.7 Å². The maximum Gasteiger partial charge on any atom is 0.321 e. The third kappa shape index (κ3) is 3.98. The van der Waals surface area contributed by atoms with Crippen LogP contribution in [0.3, 0.4) is 0 Å². The average molecular weight is 362 g/mol. The van der Waals surface area contributed by atoms with E-state index in [4.69, 9.17) is 0 Å². The molecule has 2 aliphatic heterocycles. The van der Waals surface area contributed by atoms with Crippen molar-refractivity contribution in [2.45, 2.75) is 12.8 Å². The first-order valence-electron chi connectivity index (χ1n) is 8.36. The van der Waals surface area contributed by atoms with Gasteiger partial charge >= 0.3 is 6.03 Å². The molecule has 2 aliphatic rings. The van der Waals surface area contributed by atoms with Gasteiger partial charge in [-0.25, -0.2) is 9.18 Å². The summed E-state index contributed by atoms with van der Waals surface area (Å²) in [7, 11) is 0. The Morgan fingerprint density at radius 2 is 1.62 bits per heavy atom. The Labute approximate surface area is 149 Å². The Morgan fingerprint density at radius 3 is 2.23 bits per heavy atom. The smallest absolute Gasteiger partial charge is 0.321 e. The minimum Gasteiger partial charge on any atom is -0.338 e. The predicted octanol–water partition coefficient (Wildman–Crippen LogP) is 0.651. The van der Waals surface area contributed by atoms with Crippen LogP contribution in [0.2, 0.25) is 0 Å². The number of benzene rings is 1. The number of anilines is 1. The van der Waals surface area contributed by atoms with Crippen molar-refractivity contribution < 1.29 is 23.6 Å². The van der Waals surface area contributed by atoms with Crippen molar-refractivity contribution in [3.63, 3.8) is 0 Å². The van der Waals surface area contributed by atoms with E-state index in [9.17, 15) is 23.6 Å². The van der Waals surface area contributed by atoms with Gasteiger partial charge in [0, 0.05) is 44.7 Å². The van der Waals surface area contributed by atoms with Crippen molar-refractivity contribution in [1.29, 1.82) is 0 Å². The summed E-state index contributed by atoms with van der Waals surface area (Å²) >= 11 is 0. The van der Waals surface area contributed by atoms with Gasteiger partial charge in [-0.15, -0.1) is 0 Å². The average Bonchev–Trinajstić information content (AvgIpc) is 2.94. The Morgan fingerprint density at radius 1 is 1.00 bits per heavy atom. The maximum absolute atomic E-state index is 13.2. The van der Waals surface area contributed by atoms with Crippen LogP contribution in [0.5, 0.6) is 0 Å². The molecule has 0 saturated carbocycles. The number of carbonyl (C=O) groups excluding carboxylic acids is 4. The second kappa shape index (κ2) is 7.51. The largest absolute Gasteiger partial charge is 0.338 e. The molecule has 0 spiro atoms. The van der Waals surface area contributed by atoms with Crippen LogP contribution in [0.4, 0.5) is 14.9 Å². The highest BCUT2D eigenvalue weighted by atomic mass is 19.1.